The lowest BCUT2D eigenvalue weighted by atomic mass is 10.1. The van der Waals surface area contributed by atoms with E-state index in [1.807, 2.05) is 0 Å². The molecule has 0 aliphatic heterocycles. The topological polar surface area (TPSA) is 17.2 Å². The summed E-state index contributed by atoms with van der Waals surface area (Å²) in [5.41, 5.74) is 1.36. The third-order valence-electron chi connectivity index (χ3n) is 2.14. The summed E-state index contributed by atoms with van der Waals surface area (Å²) >= 11 is 5.91. The molecule has 1 aromatic carbocycles. The molecule has 0 amide bonds. The molecule has 0 fully saturated rings. The fraction of sp³-hybridized carbons (Fsp3) is 0. The van der Waals surface area contributed by atoms with Gasteiger partial charge in [-0.2, -0.15) is 0 Å². The minimum Gasteiger partial charge on any atom is -0.244 e. The van der Waals surface area contributed by atoms with Crippen molar-refractivity contribution in [2.75, 3.05) is 0 Å². The summed E-state index contributed by atoms with van der Waals surface area (Å²) < 4.78 is 13.1. The van der Waals surface area contributed by atoms with Crippen molar-refractivity contribution >= 4 is 17.3 Å². The van der Waals surface area contributed by atoms with Gasteiger partial charge in [-0.1, -0.05) is 17.7 Å². The molecule has 78 valence electrons. The summed E-state index contributed by atoms with van der Waals surface area (Å²) in [6, 6.07) is 7.81. The predicted molar refractivity (Wildman–Crippen MR) is 60.9 cm³/mol. The van der Waals surface area contributed by atoms with Crippen LogP contribution in [0.3, 0.4) is 0 Å². The van der Waals surface area contributed by atoms with Gasteiger partial charge in [0.15, 0.2) is 0 Å². The van der Waals surface area contributed by atoms with Gasteiger partial charge >= 0.3 is 0 Å². The van der Waals surface area contributed by atoms with Crippen LogP contribution in [0.25, 0.3) is 16.0 Å². The second kappa shape index (κ2) is 4.30. The van der Waals surface area contributed by atoms with Crippen molar-refractivity contribution in [1.29, 1.82) is 0 Å². The molecule has 2 rings (SSSR count). The molecule has 2 nitrogen and oxygen atoms in total. The van der Waals surface area contributed by atoms with E-state index in [1.165, 1.54) is 12.1 Å². The largest absolute Gasteiger partial charge is 0.244 e. The van der Waals surface area contributed by atoms with Crippen LogP contribution in [0.2, 0.25) is 5.15 Å². The third-order valence-corrected chi connectivity index (χ3v) is 2.44. The highest BCUT2D eigenvalue weighted by Crippen LogP contribution is 2.30. The Bertz CT molecular complexity index is 575. The smallest absolute Gasteiger partial charge is 0.222 e. The summed E-state index contributed by atoms with van der Waals surface area (Å²) in [6.07, 6.45) is 1.57. The van der Waals surface area contributed by atoms with Gasteiger partial charge in [0.05, 0.1) is 6.57 Å². The van der Waals surface area contributed by atoms with Crippen molar-refractivity contribution in [2.45, 2.75) is 0 Å². The van der Waals surface area contributed by atoms with E-state index >= 15 is 0 Å². The first-order valence-corrected chi connectivity index (χ1v) is 4.88. The van der Waals surface area contributed by atoms with Crippen LogP contribution in [0, 0.1) is 12.4 Å². The lowest BCUT2D eigenvalue weighted by molar-refractivity contribution is 0.634. The summed E-state index contributed by atoms with van der Waals surface area (Å²) in [4.78, 5) is 7.03. The molecule has 0 aliphatic carbocycles. The van der Waals surface area contributed by atoms with Crippen molar-refractivity contribution in [1.82, 2.24) is 4.98 Å². The number of benzene rings is 1. The van der Waals surface area contributed by atoms with Crippen LogP contribution in [-0.2, 0) is 0 Å². The fourth-order valence-electron chi connectivity index (χ4n) is 1.37. The predicted octanol–water partition coefficient (Wildman–Crippen LogP) is 4.09. The minimum atomic E-state index is -0.529. The van der Waals surface area contributed by atoms with E-state index in [2.05, 4.69) is 9.83 Å². The Morgan fingerprint density at radius 3 is 2.81 bits per heavy atom. The second-order valence-electron chi connectivity index (χ2n) is 3.12. The quantitative estimate of drug-likeness (QED) is 0.535. The zero-order valence-corrected chi connectivity index (χ0v) is 8.87. The third kappa shape index (κ3) is 1.88. The highest BCUT2D eigenvalue weighted by Gasteiger charge is 2.07. The molecule has 16 heavy (non-hydrogen) atoms. The number of aromatic nitrogens is 1. The minimum absolute atomic E-state index is 0.0163. The van der Waals surface area contributed by atoms with Gasteiger partial charge in [0.2, 0.25) is 5.69 Å². The highest BCUT2D eigenvalue weighted by atomic mass is 35.5. The van der Waals surface area contributed by atoms with E-state index in [9.17, 15) is 4.39 Å². The lowest BCUT2D eigenvalue weighted by Gasteiger charge is -2.04. The number of nitrogens with zero attached hydrogens (tertiary/aromatic N) is 2. The Hall–Kier alpha value is -1.92. The monoisotopic (exact) mass is 232 g/mol. The van der Waals surface area contributed by atoms with Crippen LogP contribution in [0.15, 0.2) is 36.5 Å². The number of hydrogen-bond donors (Lipinski definition) is 0. The van der Waals surface area contributed by atoms with Crippen molar-refractivity contribution < 1.29 is 4.39 Å². The molecule has 2 aromatic rings. The van der Waals surface area contributed by atoms with Gasteiger partial charge < -0.3 is 0 Å². The molecule has 0 atom stereocenters. The van der Waals surface area contributed by atoms with E-state index in [0.29, 0.717) is 16.3 Å². The molecule has 1 heterocycles. The van der Waals surface area contributed by atoms with Crippen LogP contribution in [-0.4, -0.2) is 4.98 Å². The van der Waals surface area contributed by atoms with E-state index in [4.69, 9.17) is 18.2 Å². The Balaban J connectivity index is 2.59. The zero-order chi connectivity index (χ0) is 11.5. The summed E-state index contributed by atoms with van der Waals surface area (Å²) in [5.74, 6) is -0.529. The fourth-order valence-corrected chi connectivity index (χ4v) is 1.60. The summed E-state index contributed by atoms with van der Waals surface area (Å²) in [5, 5.41) is 0.338. The number of halogens is 2. The molecule has 0 aliphatic rings. The first-order chi connectivity index (χ1) is 7.72. The summed E-state index contributed by atoms with van der Waals surface area (Å²) in [6.45, 7) is 6.83. The van der Waals surface area contributed by atoms with Crippen LogP contribution in [0.1, 0.15) is 0 Å². The lowest BCUT2D eigenvalue weighted by Crippen LogP contribution is -1.83. The van der Waals surface area contributed by atoms with E-state index in [1.54, 1.807) is 24.4 Å². The van der Waals surface area contributed by atoms with Crippen molar-refractivity contribution in [3.8, 4) is 11.1 Å². The SMILES string of the molecule is [C-]#[N+]c1cc(-c2cccnc2Cl)ccc1F. The normalized spacial score (nSPS) is 9.81. The average Bonchev–Trinajstić information content (AvgIpc) is 2.31. The van der Waals surface area contributed by atoms with Crippen molar-refractivity contribution in [3.05, 3.63) is 58.9 Å². The molecule has 4 heteroatoms. The van der Waals surface area contributed by atoms with E-state index < -0.39 is 5.82 Å². The van der Waals surface area contributed by atoms with Crippen molar-refractivity contribution in [2.24, 2.45) is 0 Å². The van der Waals surface area contributed by atoms with Gasteiger partial charge in [-0.15, -0.1) is 0 Å². The average molecular weight is 233 g/mol. The van der Waals surface area contributed by atoms with Crippen LogP contribution < -0.4 is 0 Å². The molecular weight excluding hydrogens is 227 g/mol. The van der Waals surface area contributed by atoms with E-state index in [-0.39, 0.29) is 5.69 Å². The number of pyridine rings is 1. The Morgan fingerprint density at radius 1 is 1.31 bits per heavy atom. The molecule has 0 N–H and O–H groups in total. The molecule has 0 saturated heterocycles. The van der Waals surface area contributed by atoms with E-state index in [0.717, 1.165) is 0 Å². The second-order valence-corrected chi connectivity index (χ2v) is 3.48. The standard InChI is InChI=1S/C12H6ClFN2/c1-15-11-7-8(4-5-10(11)14)9-3-2-6-16-12(9)13/h2-7H. The molecular formula is C12H6ClFN2. The molecule has 0 radical (unpaired) electrons. The van der Waals surface area contributed by atoms with Crippen molar-refractivity contribution in [3.63, 3.8) is 0 Å². The van der Waals surface area contributed by atoms with Gasteiger partial charge in [-0.3, -0.25) is 0 Å². The number of rotatable bonds is 1. The Morgan fingerprint density at radius 2 is 2.12 bits per heavy atom. The maximum atomic E-state index is 13.1. The molecule has 0 spiro atoms. The first kappa shape index (κ1) is 10.6. The summed E-state index contributed by atoms with van der Waals surface area (Å²) in [7, 11) is 0. The van der Waals surface area contributed by atoms with Gasteiger partial charge in [0.25, 0.3) is 0 Å². The van der Waals surface area contributed by atoms with Crippen LogP contribution in [0.4, 0.5) is 10.1 Å². The van der Waals surface area contributed by atoms with Gasteiger partial charge in [-0.25, -0.2) is 14.2 Å². The molecule has 1 aromatic heterocycles. The van der Waals surface area contributed by atoms with Crippen LogP contribution in [0.5, 0.6) is 0 Å². The maximum Gasteiger partial charge on any atom is 0.222 e. The first-order valence-electron chi connectivity index (χ1n) is 4.50. The molecule has 0 saturated carbocycles. The molecule has 0 unspecified atom stereocenters. The zero-order valence-electron chi connectivity index (χ0n) is 8.11. The molecule has 0 bridgehead atoms. The van der Waals surface area contributed by atoms with Gasteiger partial charge in [-0.05, 0) is 29.8 Å². The van der Waals surface area contributed by atoms with Gasteiger partial charge in [0.1, 0.15) is 11.0 Å². The maximum absolute atomic E-state index is 13.1. The Labute approximate surface area is 97.1 Å². The Kier molecular flexibility index (Phi) is 2.84. The highest BCUT2D eigenvalue weighted by molar-refractivity contribution is 6.32. The van der Waals surface area contributed by atoms with Gasteiger partial charge in [0, 0.05) is 11.8 Å². The number of hydrogen-bond acceptors (Lipinski definition) is 1. The van der Waals surface area contributed by atoms with Crippen LogP contribution >= 0.6 is 11.6 Å².